The summed E-state index contributed by atoms with van der Waals surface area (Å²) in [5.74, 6) is -0.480. The minimum Gasteiger partial charge on any atom is -0.352 e. The number of carbonyl (C=O) groups excluding carboxylic acids is 2. The molecule has 2 aromatic carbocycles. The fraction of sp³-hybridized carbons (Fsp3) is 0.481. The second-order valence-corrected chi connectivity index (χ2v) is 12.0. The van der Waals surface area contributed by atoms with E-state index in [1.165, 1.54) is 9.21 Å². The Morgan fingerprint density at radius 1 is 0.973 bits per heavy atom. The highest BCUT2D eigenvalue weighted by Crippen LogP contribution is 2.25. The van der Waals surface area contributed by atoms with Gasteiger partial charge >= 0.3 is 0 Å². The lowest BCUT2D eigenvalue weighted by Gasteiger charge is -2.31. The van der Waals surface area contributed by atoms with Crippen molar-refractivity contribution in [1.82, 2.24) is 10.2 Å². The molecule has 0 heterocycles. The number of anilines is 1. The summed E-state index contributed by atoms with van der Waals surface area (Å²) in [5, 5.41) is 3.66. The fourth-order valence-electron chi connectivity index (χ4n) is 4.04. The zero-order chi connectivity index (χ0) is 27.8. The monoisotopic (exact) mass is 569 g/mol. The van der Waals surface area contributed by atoms with Crippen molar-refractivity contribution in [3.8, 4) is 0 Å². The second-order valence-electron chi connectivity index (χ2n) is 9.32. The number of nitrogens with zero attached hydrogens (tertiary/aromatic N) is 2. The molecule has 0 radical (unpaired) electrons. The Bertz CT molecular complexity index is 1170. The van der Waals surface area contributed by atoms with Crippen LogP contribution in [0.3, 0.4) is 0 Å². The van der Waals surface area contributed by atoms with Crippen LogP contribution in [0.15, 0.2) is 42.5 Å². The average molecular weight is 571 g/mol. The standard InChI is InChI=1S/C27H37Cl2N3O4S/c1-6-20-10-13-22(14-11-20)32(37(5,35)36)16-8-9-26(33)31(25(7-2)27(34)30-19(3)4)18-21-12-15-23(28)24(29)17-21/h10-15,17,19,25H,6-9,16,18H2,1-5H3,(H,30,34)/t25-/m1/s1. The van der Waals surface area contributed by atoms with Crippen molar-refractivity contribution >= 4 is 50.7 Å². The van der Waals surface area contributed by atoms with Gasteiger partial charge in [-0.3, -0.25) is 13.9 Å². The van der Waals surface area contributed by atoms with Crippen molar-refractivity contribution in [2.75, 3.05) is 17.1 Å². The van der Waals surface area contributed by atoms with Gasteiger partial charge in [-0.2, -0.15) is 0 Å². The van der Waals surface area contributed by atoms with Crippen LogP contribution >= 0.6 is 23.2 Å². The summed E-state index contributed by atoms with van der Waals surface area (Å²) in [6, 6.07) is 11.7. The van der Waals surface area contributed by atoms with Gasteiger partial charge in [-0.25, -0.2) is 8.42 Å². The summed E-state index contributed by atoms with van der Waals surface area (Å²) in [5.41, 5.74) is 2.41. The van der Waals surface area contributed by atoms with Crippen LogP contribution in [0.1, 0.15) is 58.1 Å². The predicted octanol–water partition coefficient (Wildman–Crippen LogP) is 5.43. The number of amides is 2. The normalized spacial score (nSPS) is 12.3. The predicted molar refractivity (Wildman–Crippen MR) is 152 cm³/mol. The highest BCUT2D eigenvalue weighted by atomic mass is 35.5. The van der Waals surface area contributed by atoms with Gasteiger partial charge in [0.25, 0.3) is 0 Å². The van der Waals surface area contributed by atoms with E-state index >= 15 is 0 Å². The number of halogens is 2. The van der Waals surface area contributed by atoms with Crippen LogP contribution in [-0.4, -0.2) is 50.0 Å². The molecule has 2 amide bonds. The summed E-state index contributed by atoms with van der Waals surface area (Å²) in [6.45, 7) is 7.93. The van der Waals surface area contributed by atoms with Gasteiger partial charge in [0.15, 0.2) is 0 Å². The number of nitrogens with one attached hydrogen (secondary N) is 1. The van der Waals surface area contributed by atoms with Gasteiger partial charge in [-0.05, 0) is 68.5 Å². The van der Waals surface area contributed by atoms with Crippen LogP contribution in [0.5, 0.6) is 0 Å². The van der Waals surface area contributed by atoms with Crippen LogP contribution in [-0.2, 0) is 32.6 Å². The van der Waals surface area contributed by atoms with Crippen LogP contribution < -0.4 is 9.62 Å². The molecule has 1 N–H and O–H groups in total. The molecule has 204 valence electrons. The zero-order valence-electron chi connectivity index (χ0n) is 22.1. The van der Waals surface area contributed by atoms with Crippen LogP contribution in [0.25, 0.3) is 0 Å². The van der Waals surface area contributed by atoms with E-state index in [0.29, 0.717) is 28.6 Å². The molecule has 0 spiro atoms. The maximum Gasteiger partial charge on any atom is 0.243 e. The van der Waals surface area contributed by atoms with Crippen molar-refractivity contribution in [2.24, 2.45) is 0 Å². The minimum atomic E-state index is -3.54. The molecule has 0 aliphatic heterocycles. The zero-order valence-corrected chi connectivity index (χ0v) is 24.5. The molecular weight excluding hydrogens is 533 g/mol. The maximum atomic E-state index is 13.5. The van der Waals surface area contributed by atoms with Crippen molar-refractivity contribution in [3.05, 3.63) is 63.6 Å². The molecule has 10 heteroatoms. The van der Waals surface area contributed by atoms with Gasteiger partial charge in [0.2, 0.25) is 21.8 Å². The summed E-state index contributed by atoms with van der Waals surface area (Å²) in [6.07, 6.45) is 2.80. The first kappa shape index (κ1) is 30.9. The van der Waals surface area contributed by atoms with Crippen molar-refractivity contribution in [2.45, 2.75) is 72.0 Å². The molecule has 0 aromatic heterocycles. The van der Waals surface area contributed by atoms with Crippen LogP contribution in [0, 0.1) is 0 Å². The Labute approximate surface area is 231 Å². The third-order valence-electron chi connectivity index (χ3n) is 5.94. The Morgan fingerprint density at radius 3 is 2.11 bits per heavy atom. The highest BCUT2D eigenvalue weighted by molar-refractivity contribution is 7.92. The number of sulfonamides is 1. The van der Waals surface area contributed by atoms with E-state index in [-0.39, 0.29) is 37.4 Å². The van der Waals surface area contributed by atoms with Crippen LogP contribution in [0.2, 0.25) is 10.0 Å². The number of hydrogen-bond acceptors (Lipinski definition) is 4. The summed E-state index contributed by atoms with van der Waals surface area (Å²) >= 11 is 12.2. The summed E-state index contributed by atoms with van der Waals surface area (Å²) in [4.78, 5) is 28.0. The lowest BCUT2D eigenvalue weighted by Crippen LogP contribution is -2.50. The van der Waals surface area contributed by atoms with Gasteiger partial charge in [0.1, 0.15) is 6.04 Å². The SMILES string of the molecule is CCc1ccc(N(CCCC(=O)N(Cc2ccc(Cl)c(Cl)c2)[C@H](CC)C(=O)NC(C)C)S(C)(=O)=O)cc1. The molecule has 37 heavy (non-hydrogen) atoms. The van der Waals surface area contributed by atoms with Gasteiger partial charge in [-0.1, -0.05) is 55.2 Å². The second kappa shape index (κ2) is 14.0. The van der Waals surface area contributed by atoms with Gasteiger partial charge < -0.3 is 10.2 Å². The molecule has 1 atom stereocenters. The first-order chi connectivity index (χ1) is 17.4. The van der Waals surface area contributed by atoms with Gasteiger partial charge in [0.05, 0.1) is 22.0 Å². The molecule has 0 saturated heterocycles. The molecular formula is C27H37Cl2N3O4S. The van der Waals surface area contributed by atoms with Crippen molar-refractivity contribution < 1.29 is 18.0 Å². The topological polar surface area (TPSA) is 86.8 Å². The molecule has 0 unspecified atom stereocenters. The summed E-state index contributed by atoms with van der Waals surface area (Å²) < 4.78 is 26.3. The third-order valence-corrected chi connectivity index (χ3v) is 7.87. The van der Waals surface area contributed by atoms with E-state index in [1.807, 2.05) is 39.8 Å². The molecule has 0 aliphatic rings. The molecule has 2 rings (SSSR count). The number of benzene rings is 2. The van der Waals surface area contributed by atoms with E-state index in [9.17, 15) is 18.0 Å². The average Bonchev–Trinajstić information content (AvgIpc) is 2.82. The van der Waals surface area contributed by atoms with Crippen LogP contribution in [0.4, 0.5) is 5.69 Å². The number of carbonyl (C=O) groups is 2. The largest absolute Gasteiger partial charge is 0.352 e. The Kier molecular flexibility index (Phi) is 11.7. The smallest absolute Gasteiger partial charge is 0.243 e. The molecule has 0 fully saturated rings. The van der Waals surface area contributed by atoms with Crippen molar-refractivity contribution in [3.63, 3.8) is 0 Å². The van der Waals surface area contributed by atoms with Gasteiger partial charge in [-0.15, -0.1) is 0 Å². The van der Waals surface area contributed by atoms with E-state index in [2.05, 4.69) is 5.32 Å². The quantitative estimate of drug-likeness (QED) is 0.348. The Morgan fingerprint density at radius 2 is 1.59 bits per heavy atom. The number of hydrogen-bond donors (Lipinski definition) is 1. The number of aryl methyl sites for hydroxylation is 1. The highest BCUT2D eigenvalue weighted by Gasteiger charge is 2.29. The molecule has 7 nitrogen and oxygen atoms in total. The maximum absolute atomic E-state index is 13.5. The fourth-order valence-corrected chi connectivity index (χ4v) is 5.32. The number of rotatable bonds is 13. The third kappa shape index (κ3) is 9.20. The minimum absolute atomic E-state index is 0.0752. The molecule has 0 saturated carbocycles. The Hall–Kier alpha value is -2.29. The first-order valence-corrected chi connectivity index (χ1v) is 15.1. The van der Waals surface area contributed by atoms with Crippen molar-refractivity contribution in [1.29, 1.82) is 0 Å². The van der Waals surface area contributed by atoms with E-state index in [1.54, 1.807) is 30.3 Å². The molecule has 0 bridgehead atoms. The van der Waals surface area contributed by atoms with E-state index < -0.39 is 16.1 Å². The lowest BCUT2D eigenvalue weighted by molar-refractivity contribution is -0.141. The van der Waals surface area contributed by atoms with E-state index in [0.717, 1.165) is 23.8 Å². The molecule has 2 aromatic rings. The lowest BCUT2D eigenvalue weighted by atomic mass is 10.1. The molecule has 0 aliphatic carbocycles. The first-order valence-electron chi connectivity index (χ1n) is 12.5. The Balaban J connectivity index is 2.23. The van der Waals surface area contributed by atoms with Gasteiger partial charge in [0, 0.05) is 25.6 Å². The summed E-state index contributed by atoms with van der Waals surface area (Å²) in [7, 11) is -3.54. The van der Waals surface area contributed by atoms with E-state index in [4.69, 9.17) is 23.2 Å².